The molecule has 9 nitrogen and oxygen atoms in total. The van der Waals surface area contributed by atoms with Crippen molar-refractivity contribution in [3.63, 3.8) is 0 Å². The molecule has 10 heteroatoms. The fourth-order valence-corrected chi connectivity index (χ4v) is 0.893. The minimum Gasteiger partial charge on any atom is -2.00 e. The molecule has 0 bridgehead atoms. The molecule has 0 aromatic heterocycles. The third-order valence-corrected chi connectivity index (χ3v) is 1.74. The van der Waals surface area contributed by atoms with E-state index in [9.17, 15) is 5.11 Å². The topological polar surface area (TPSA) is 200 Å². The second-order valence-electron chi connectivity index (χ2n) is 2.86. The number of likely N-dealkylation sites (N-methyl/N-ethyl adjacent to an activating group) is 1. The number of hydrogen-bond donors (Lipinski definition) is 6. The summed E-state index contributed by atoms with van der Waals surface area (Å²) >= 11 is 0. The van der Waals surface area contributed by atoms with Crippen LogP contribution in [0.4, 0.5) is 0 Å². The van der Waals surface area contributed by atoms with Crippen LogP contribution in [0.5, 0.6) is 0 Å². The Balaban J connectivity index is -0.000000120. The average Bonchev–Trinajstić information content (AvgIpc) is 2.14. The van der Waals surface area contributed by atoms with Crippen molar-refractivity contribution in [1.82, 2.24) is 5.32 Å². The Morgan fingerprint density at radius 1 is 0.941 bits per heavy atom. The fraction of sp³-hybridized carbons (Fsp3) is 1.00. The minimum absolute atomic E-state index is 0. The summed E-state index contributed by atoms with van der Waals surface area (Å²) in [5, 5.41) is 47.5. The van der Waals surface area contributed by atoms with Crippen LogP contribution in [-0.4, -0.2) is 100 Å². The normalized spacial score (nSPS) is 15.9. The van der Waals surface area contributed by atoms with Gasteiger partial charge >= 0.3 is 24.4 Å². The maximum absolute atomic E-state index is 9.21. The summed E-state index contributed by atoms with van der Waals surface area (Å²) in [6, 6.07) is 0. The number of aliphatic hydroxyl groups excluding tert-OH is 5. The third kappa shape index (κ3) is 11.3. The number of nitrogens with one attached hydrogen (secondary N) is 1. The molecule has 17 heavy (non-hydrogen) atoms. The van der Waals surface area contributed by atoms with Gasteiger partial charge in [0.05, 0.1) is 12.7 Å². The van der Waals surface area contributed by atoms with Crippen LogP contribution in [0, 0.1) is 0 Å². The van der Waals surface area contributed by atoms with E-state index in [1.165, 1.54) is 0 Å². The van der Waals surface area contributed by atoms with Crippen molar-refractivity contribution in [3.05, 3.63) is 0 Å². The quantitative estimate of drug-likeness (QED) is 0.256. The molecule has 0 aliphatic carbocycles. The van der Waals surface area contributed by atoms with Gasteiger partial charge in [0.15, 0.2) is 0 Å². The predicted molar refractivity (Wildman–Crippen MR) is 54.1 cm³/mol. The van der Waals surface area contributed by atoms with Gasteiger partial charge in [-0.05, 0) is 7.05 Å². The minimum atomic E-state index is -1.55. The van der Waals surface area contributed by atoms with Crippen LogP contribution >= 0.6 is 0 Å². The van der Waals surface area contributed by atoms with Gasteiger partial charge in [-0.1, -0.05) is 0 Å². The molecule has 0 spiro atoms. The summed E-state index contributed by atoms with van der Waals surface area (Å²) in [6.07, 6.45) is -5.65. The van der Waals surface area contributed by atoms with Crippen molar-refractivity contribution < 1.29 is 42.0 Å². The zero-order valence-electron chi connectivity index (χ0n) is 9.17. The van der Waals surface area contributed by atoms with Crippen LogP contribution in [0.25, 0.3) is 0 Å². The SMILES string of the molecule is CNC[C@H](O)[C@@H](O)[C@H](O)[C@H](O)CO.[O-2].[O-2].[OH-].[Sb+5]. The molecule has 0 amide bonds. The molecule has 7 N–H and O–H groups in total. The molecule has 0 rings (SSSR count). The molecule has 104 valence electrons. The van der Waals surface area contributed by atoms with Crippen LogP contribution in [-0.2, 0) is 11.0 Å². The molecular formula is C7H18NO8Sb. The number of aliphatic hydroxyl groups is 5. The Bertz CT molecular complexity index is 143. The molecule has 0 aliphatic rings. The van der Waals surface area contributed by atoms with Gasteiger partial charge in [0, 0.05) is 6.54 Å². The first kappa shape index (κ1) is 30.5. The number of hydrogen-bond acceptors (Lipinski definition) is 7. The van der Waals surface area contributed by atoms with Gasteiger partial charge in [-0.3, -0.25) is 0 Å². The Kier molecular flexibility index (Phi) is 29.5. The Morgan fingerprint density at radius 3 is 1.59 bits per heavy atom. The molecule has 0 fully saturated rings. The van der Waals surface area contributed by atoms with Gasteiger partial charge in [0.1, 0.15) is 18.3 Å². The summed E-state index contributed by atoms with van der Waals surface area (Å²) in [7, 11) is 1.57. The monoisotopic (exact) mass is 365 g/mol. The van der Waals surface area contributed by atoms with Crippen molar-refractivity contribution >= 4 is 24.4 Å². The Morgan fingerprint density at radius 2 is 1.29 bits per heavy atom. The molecule has 0 saturated heterocycles. The third-order valence-electron chi connectivity index (χ3n) is 1.74. The van der Waals surface area contributed by atoms with Gasteiger partial charge in [-0.15, -0.1) is 0 Å². The zero-order valence-corrected chi connectivity index (χ0v) is 11.7. The van der Waals surface area contributed by atoms with E-state index in [1.54, 1.807) is 7.05 Å². The van der Waals surface area contributed by atoms with E-state index in [4.69, 9.17) is 20.4 Å². The van der Waals surface area contributed by atoms with Crippen LogP contribution in [0.3, 0.4) is 0 Å². The molecule has 0 aromatic rings. The van der Waals surface area contributed by atoms with E-state index >= 15 is 0 Å². The molecule has 0 aliphatic heterocycles. The van der Waals surface area contributed by atoms with E-state index in [0.29, 0.717) is 0 Å². The Hall–Kier alpha value is 0.458. The van der Waals surface area contributed by atoms with Crippen LogP contribution in [0.1, 0.15) is 0 Å². The van der Waals surface area contributed by atoms with Crippen molar-refractivity contribution in [1.29, 1.82) is 0 Å². The largest absolute Gasteiger partial charge is 5.00 e. The van der Waals surface area contributed by atoms with Crippen LogP contribution < -0.4 is 5.32 Å². The first-order valence-corrected chi connectivity index (χ1v) is 4.02. The van der Waals surface area contributed by atoms with E-state index < -0.39 is 31.0 Å². The smallest absolute Gasteiger partial charge is 2.00 e. The van der Waals surface area contributed by atoms with Crippen molar-refractivity contribution in [2.75, 3.05) is 20.2 Å². The molecule has 4 atom stereocenters. The summed E-state index contributed by atoms with van der Waals surface area (Å²) in [4.78, 5) is 0. The summed E-state index contributed by atoms with van der Waals surface area (Å²) in [6.45, 7) is -0.569. The van der Waals surface area contributed by atoms with Crippen LogP contribution in [0.15, 0.2) is 0 Å². The van der Waals surface area contributed by atoms with Crippen molar-refractivity contribution in [3.8, 4) is 0 Å². The molecular weight excluding hydrogens is 348 g/mol. The molecule has 0 unspecified atom stereocenters. The first-order chi connectivity index (χ1) is 6.04. The second-order valence-corrected chi connectivity index (χ2v) is 2.86. The van der Waals surface area contributed by atoms with Crippen molar-refractivity contribution in [2.24, 2.45) is 0 Å². The maximum Gasteiger partial charge on any atom is 5.00 e. The van der Waals surface area contributed by atoms with Crippen molar-refractivity contribution in [2.45, 2.75) is 24.4 Å². The van der Waals surface area contributed by atoms with Crippen LogP contribution in [0.2, 0.25) is 0 Å². The zero-order chi connectivity index (χ0) is 10.4. The Labute approximate surface area is 116 Å². The fourth-order valence-electron chi connectivity index (χ4n) is 0.893. The molecule has 0 aromatic carbocycles. The van der Waals surface area contributed by atoms with E-state index in [2.05, 4.69) is 5.32 Å². The standard InChI is InChI=1S/C7H17NO5.H2O.2O.Sb/c1-8-2-4(10)6(12)7(13)5(11)3-9;;;;/h4-13H,2-3H2,1H3;1H2;;;/q;;2*-2;+5/p-1/t4-,5+,6+,7+;;;;/m0..../s1. The average molecular weight is 366 g/mol. The molecule has 0 heterocycles. The molecule has 0 saturated carbocycles. The van der Waals surface area contributed by atoms with Gasteiger partial charge in [0.2, 0.25) is 0 Å². The predicted octanol–water partition coefficient (Wildman–Crippen LogP) is -4.15. The first-order valence-electron chi connectivity index (χ1n) is 4.02. The summed E-state index contributed by atoms with van der Waals surface area (Å²) in [5.74, 6) is 0. The van der Waals surface area contributed by atoms with Gasteiger partial charge in [-0.25, -0.2) is 0 Å². The van der Waals surface area contributed by atoms with E-state index in [0.717, 1.165) is 0 Å². The van der Waals surface area contributed by atoms with E-state index in [1.807, 2.05) is 0 Å². The van der Waals surface area contributed by atoms with Gasteiger partial charge in [-0.2, -0.15) is 0 Å². The second kappa shape index (κ2) is 16.5. The molecule has 0 radical (unpaired) electrons. The number of rotatable bonds is 6. The van der Waals surface area contributed by atoms with Gasteiger partial charge in [0.25, 0.3) is 0 Å². The van der Waals surface area contributed by atoms with Gasteiger partial charge < -0.3 is 47.3 Å². The maximum atomic E-state index is 9.21. The summed E-state index contributed by atoms with van der Waals surface area (Å²) < 4.78 is 0. The summed E-state index contributed by atoms with van der Waals surface area (Å²) in [5.41, 5.74) is 0. The van der Waals surface area contributed by atoms with E-state index in [-0.39, 0.29) is 47.4 Å².